The molecule has 26 heavy (non-hydrogen) atoms. The van der Waals surface area contributed by atoms with Crippen LogP contribution in [0, 0.1) is 6.92 Å². The van der Waals surface area contributed by atoms with Crippen molar-refractivity contribution in [2.45, 2.75) is 32.2 Å². The molecule has 1 aromatic carbocycles. The van der Waals surface area contributed by atoms with Gasteiger partial charge < -0.3 is 4.90 Å². The third-order valence-electron chi connectivity index (χ3n) is 4.79. The summed E-state index contributed by atoms with van der Waals surface area (Å²) in [6, 6.07) is 5.58. The zero-order chi connectivity index (χ0) is 18.1. The van der Waals surface area contributed by atoms with E-state index in [1.165, 1.54) is 0 Å². The average Bonchev–Trinajstić information content (AvgIpc) is 3.36. The Morgan fingerprint density at radius 1 is 1.08 bits per heavy atom. The van der Waals surface area contributed by atoms with Gasteiger partial charge in [-0.15, -0.1) is 5.10 Å². The minimum Gasteiger partial charge on any atom is -0.305 e. The normalized spacial score (nSPS) is 16.1. The van der Waals surface area contributed by atoms with Crippen LogP contribution >= 0.6 is 0 Å². The molecular formula is C20H20N4O2. The van der Waals surface area contributed by atoms with Crippen molar-refractivity contribution >= 4 is 17.4 Å². The van der Waals surface area contributed by atoms with Crippen LogP contribution in [-0.4, -0.2) is 33.2 Å². The van der Waals surface area contributed by atoms with E-state index in [1.54, 1.807) is 11.0 Å². The number of Topliss-reactive ketones (excluding diaryl/α,β-unsaturated/α-hetero) is 1. The highest BCUT2D eigenvalue weighted by molar-refractivity contribution is 6.52. The summed E-state index contributed by atoms with van der Waals surface area (Å²) in [4.78, 5) is 25.9. The Bertz CT molecular complexity index is 914. The highest BCUT2D eigenvalue weighted by Gasteiger charge is 2.35. The molecule has 2 aromatic rings. The number of rotatable bonds is 6. The van der Waals surface area contributed by atoms with Crippen molar-refractivity contribution in [1.82, 2.24) is 15.0 Å². The number of hydrogen-bond donors (Lipinski definition) is 0. The number of allylic oxidation sites excluding steroid dienone is 4. The first-order valence-electron chi connectivity index (χ1n) is 8.85. The fourth-order valence-corrected chi connectivity index (χ4v) is 3.38. The minimum absolute atomic E-state index is 0.219. The lowest BCUT2D eigenvalue weighted by Crippen LogP contribution is -2.30. The number of amides is 1. The van der Waals surface area contributed by atoms with E-state index < -0.39 is 11.7 Å². The Hall–Kier alpha value is -3.02. The number of ketones is 1. The van der Waals surface area contributed by atoms with Gasteiger partial charge in [0.25, 0.3) is 11.7 Å². The van der Waals surface area contributed by atoms with Crippen LogP contribution in [0.15, 0.2) is 48.7 Å². The molecule has 4 rings (SSSR count). The second-order valence-corrected chi connectivity index (χ2v) is 6.72. The van der Waals surface area contributed by atoms with E-state index in [2.05, 4.69) is 22.5 Å². The van der Waals surface area contributed by atoms with Gasteiger partial charge >= 0.3 is 0 Å². The molecule has 0 radical (unpaired) electrons. The van der Waals surface area contributed by atoms with Crippen molar-refractivity contribution in [2.75, 3.05) is 11.4 Å². The van der Waals surface area contributed by atoms with Crippen molar-refractivity contribution in [2.24, 2.45) is 0 Å². The van der Waals surface area contributed by atoms with E-state index >= 15 is 0 Å². The molecule has 0 N–H and O–H groups in total. The topological polar surface area (TPSA) is 68.1 Å². The number of anilines is 1. The minimum atomic E-state index is -0.423. The predicted molar refractivity (Wildman–Crippen MR) is 98.1 cm³/mol. The second kappa shape index (κ2) is 6.71. The molecule has 6 heteroatoms. The zero-order valence-electron chi connectivity index (χ0n) is 14.6. The summed E-state index contributed by atoms with van der Waals surface area (Å²) in [5, 5.41) is 8.38. The maximum Gasteiger partial charge on any atom is 0.299 e. The molecule has 1 aromatic heterocycles. The number of aryl methyl sites for hydroxylation is 2. The Labute approximate surface area is 151 Å². The highest BCUT2D eigenvalue weighted by Crippen LogP contribution is 2.30. The van der Waals surface area contributed by atoms with Gasteiger partial charge in [-0.1, -0.05) is 41.1 Å². The van der Waals surface area contributed by atoms with Gasteiger partial charge in [0, 0.05) is 25.2 Å². The van der Waals surface area contributed by atoms with Gasteiger partial charge in [0.15, 0.2) is 0 Å². The first kappa shape index (κ1) is 16.4. The molecule has 0 saturated heterocycles. The number of carbonyl (C=O) groups is 2. The van der Waals surface area contributed by atoms with Crippen LogP contribution in [0.1, 0.15) is 40.4 Å². The number of unbranched alkanes of at least 4 members (excludes halogenated alkanes) is 1. The van der Waals surface area contributed by atoms with Gasteiger partial charge in [0.1, 0.15) is 0 Å². The number of fused-ring (bicyclic) bond motifs is 1. The molecule has 0 unspecified atom stereocenters. The summed E-state index contributed by atoms with van der Waals surface area (Å²) in [5.74, 6) is -0.604. The zero-order valence-corrected chi connectivity index (χ0v) is 14.6. The summed E-state index contributed by atoms with van der Waals surface area (Å²) in [6.45, 7) is 3.20. The van der Waals surface area contributed by atoms with E-state index in [4.69, 9.17) is 0 Å². The van der Waals surface area contributed by atoms with Gasteiger partial charge in [0.2, 0.25) is 0 Å². The lowest BCUT2D eigenvalue weighted by atomic mass is 10.1. The number of nitrogens with zero attached hydrogens (tertiary/aromatic N) is 4. The van der Waals surface area contributed by atoms with Gasteiger partial charge in [-0.25, -0.2) is 0 Å². The molecule has 1 amide bonds. The van der Waals surface area contributed by atoms with Crippen LogP contribution in [0.25, 0.3) is 0 Å². The Kier molecular flexibility index (Phi) is 4.24. The Balaban J connectivity index is 1.33. The Morgan fingerprint density at radius 3 is 2.65 bits per heavy atom. The standard InChI is InChI=1S/C20H20N4O2/c1-14-8-9-18-16(12-14)19(25)20(26)24(18)11-5-4-10-23-13-17(21-22-23)15-6-2-3-7-15/h2-3,6-9,12-13,15H,4-5,10-11H2,1H3. The molecule has 2 heterocycles. The van der Waals surface area contributed by atoms with E-state index in [-0.39, 0.29) is 5.92 Å². The number of aromatic nitrogens is 3. The largest absolute Gasteiger partial charge is 0.305 e. The van der Waals surface area contributed by atoms with Crippen LogP contribution in [0.2, 0.25) is 0 Å². The molecule has 0 bridgehead atoms. The monoisotopic (exact) mass is 348 g/mol. The maximum atomic E-state index is 12.2. The molecule has 0 saturated carbocycles. The van der Waals surface area contributed by atoms with Crippen molar-refractivity contribution in [3.8, 4) is 0 Å². The van der Waals surface area contributed by atoms with E-state index in [0.29, 0.717) is 12.1 Å². The van der Waals surface area contributed by atoms with Crippen LogP contribution in [0.5, 0.6) is 0 Å². The molecule has 2 aliphatic rings. The van der Waals surface area contributed by atoms with Gasteiger partial charge in [-0.2, -0.15) is 0 Å². The molecule has 1 aliphatic heterocycles. The second-order valence-electron chi connectivity index (χ2n) is 6.72. The van der Waals surface area contributed by atoms with Crippen LogP contribution in [0.4, 0.5) is 5.69 Å². The fraction of sp³-hybridized carbons (Fsp3) is 0.300. The summed E-state index contributed by atoms with van der Waals surface area (Å²) >= 11 is 0. The van der Waals surface area contributed by atoms with E-state index in [1.807, 2.05) is 42.1 Å². The van der Waals surface area contributed by atoms with E-state index in [9.17, 15) is 9.59 Å². The van der Waals surface area contributed by atoms with Gasteiger partial charge in [-0.05, 0) is 31.9 Å². The average molecular weight is 348 g/mol. The lowest BCUT2D eigenvalue weighted by molar-refractivity contribution is -0.114. The van der Waals surface area contributed by atoms with Crippen molar-refractivity contribution < 1.29 is 9.59 Å². The molecular weight excluding hydrogens is 328 g/mol. The first-order chi connectivity index (χ1) is 12.6. The molecule has 132 valence electrons. The number of carbonyl (C=O) groups excluding carboxylic acids is 2. The molecule has 1 aliphatic carbocycles. The molecule has 0 spiro atoms. The quantitative estimate of drug-likeness (QED) is 0.595. The number of benzene rings is 1. The van der Waals surface area contributed by atoms with E-state index in [0.717, 1.165) is 36.3 Å². The summed E-state index contributed by atoms with van der Waals surface area (Å²) in [5.41, 5.74) is 3.18. The predicted octanol–water partition coefficient (Wildman–Crippen LogP) is 2.81. The molecule has 6 nitrogen and oxygen atoms in total. The van der Waals surface area contributed by atoms with Crippen LogP contribution in [0.3, 0.4) is 0 Å². The summed E-state index contributed by atoms with van der Waals surface area (Å²) < 4.78 is 1.84. The Morgan fingerprint density at radius 2 is 1.85 bits per heavy atom. The lowest BCUT2D eigenvalue weighted by Gasteiger charge is -2.16. The van der Waals surface area contributed by atoms with Crippen LogP contribution in [-0.2, 0) is 11.3 Å². The van der Waals surface area contributed by atoms with Crippen LogP contribution < -0.4 is 4.90 Å². The highest BCUT2D eigenvalue weighted by atomic mass is 16.2. The summed E-state index contributed by atoms with van der Waals surface area (Å²) in [6.07, 6.45) is 11.8. The smallest absolute Gasteiger partial charge is 0.299 e. The fourth-order valence-electron chi connectivity index (χ4n) is 3.38. The maximum absolute atomic E-state index is 12.2. The third kappa shape index (κ3) is 2.98. The molecule has 0 fully saturated rings. The first-order valence-corrected chi connectivity index (χ1v) is 8.85. The van der Waals surface area contributed by atoms with Gasteiger partial charge in [-0.3, -0.25) is 14.3 Å². The summed E-state index contributed by atoms with van der Waals surface area (Å²) in [7, 11) is 0. The van der Waals surface area contributed by atoms with Crippen molar-refractivity contribution in [3.63, 3.8) is 0 Å². The third-order valence-corrected chi connectivity index (χ3v) is 4.79. The molecule has 0 atom stereocenters. The number of hydrogen-bond acceptors (Lipinski definition) is 4. The van der Waals surface area contributed by atoms with Crippen molar-refractivity contribution in [3.05, 3.63) is 65.5 Å². The SMILES string of the molecule is Cc1ccc2c(c1)C(=O)C(=O)N2CCCCn1cc(C2C=CC=C2)nn1. The van der Waals surface area contributed by atoms with Crippen molar-refractivity contribution in [1.29, 1.82) is 0 Å². The van der Waals surface area contributed by atoms with Gasteiger partial charge in [0.05, 0.1) is 16.9 Å².